The molecule has 0 spiro atoms. The molecule has 0 saturated heterocycles. The largest absolute Gasteiger partial charge is 0.328 e. The Morgan fingerprint density at radius 3 is 1.17 bits per heavy atom. The van der Waals surface area contributed by atoms with Crippen LogP contribution in [0, 0.1) is 0 Å². The van der Waals surface area contributed by atoms with Gasteiger partial charge in [-0.3, -0.25) is 0 Å². The van der Waals surface area contributed by atoms with Gasteiger partial charge in [0.15, 0.2) is 0 Å². The smallest absolute Gasteiger partial charge is 0.300 e. The van der Waals surface area contributed by atoms with Gasteiger partial charge in [-0.05, 0) is 10.1 Å². The van der Waals surface area contributed by atoms with Gasteiger partial charge in [-0.2, -0.15) is 0 Å². The van der Waals surface area contributed by atoms with Crippen LogP contribution in [0.2, 0.25) is 10.1 Å². The third kappa shape index (κ3) is 1.88. The molecule has 0 amide bonds. The first-order valence-corrected chi connectivity index (χ1v) is 6.21. The summed E-state index contributed by atoms with van der Waals surface area (Å²) in [7, 11) is -2.35. The Labute approximate surface area is 76.6 Å². The molecule has 12 heavy (non-hydrogen) atoms. The molecule has 0 aromatic carbocycles. The van der Waals surface area contributed by atoms with Crippen molar-refractivity contribution in [1.29, 1.82) is 0 Å². The topological polar surface area (TPSA) is 61.3 Å². The summed E-state index contributed by atoms with van der Waals surface area (Å²) in [6.45, 7) is 12.5. The molecule has 0 aliphatic carbocycles. The molecule has 0 aliphatic heterocycles. The summed E-state index contributed by atoms with van der Waals surface area (Å²) < 4.78 is 5.08. The van der Waals surface area contributed by atoms with Crippen LogP contribution >= 0.6 is 0 Å². The van der Waals surface area contributed by atoms with Gasteiger partial charge < -0.3 is 9.93 Å². The molecule has 0 rings (SSSR count). The molecule has 0 radical (unpaired) electrons. The maximum absolute atomic E-state index is 6.24. The quantitative estimate of drug-likeness (QED) is 0.490. The highest BCUT2D eigenvalue weighted by Crippen LogP contribution is 2.47. The average molecular weight is 190 g/mol. The number of hydrogen-bond acceptors (Lipinski definition) is 3. The third-order valence-corrected chi connectivity index (χ3v) is 7.24. The molecule has 0 saturated carbocycles. The first-order valence-electron chi connectivity index (χ1n) is 4.23. The summed E-state index contributed by atoms with van der Waals surface area (Å²) in [5.74, 6) is 5.32. The molecule has 4 heteroatoms. The summed E-state index contributed by atoms with van der Waals surface area (Å²) in [5, 5.41) is 6.16. The molecule has 4 N–H and O–H groups in total. The molecular formula is C8H22N2OSi. The monoisotopic (exact) mass is 190 g/mol. The summed E-state index contributed by atoms with van der Waals surface area (Å²) in [6, 6.07) is 0. The second-order valence-corrected chi connectivity index (χ2v) is 10.1. The average Bonchev–Trinajstić information content (AvgIpc) is 1.81. The highest BCUT2D eigenvalue weighted by molar-refractivity contribution is 6.76. The second-order valence-electron chi connectivity index (χ2n) is 5.35. The summed E-state index contributed by atoms with van der Waals surface area (Å²) in [5.41, 5.74) is 0. The first kappa shape index (κ1) is 12.1. The van der Waals surface area contributed by atoms with Crippen molar-refractivity contribution >= 4 is 8.48 Å². The Bertz CT molecular complexity index is 143. The van der Waals surface area contributed by atoms with E-state index in [1.54, 1.807) is 0 Å². The van der Waals surface area contributed by atoms with E-state index in [9.17, 15) is 0 Å². The molecule has 0 aromatic heterocycles. The fraction of sp³-hybridized carbons (Fsp3) is 1.00. The minimum absolute atomic E-state index is 0.0417. The first-order chi connectivity index (χ1) is 5.06. The molecule has 3 nitrogen and oxygen atoms in total. The lowest BCUT2D eigenvalue weighted by molar-refractivity contribution is 0.267. The van der Waals surface area contributed by atoms with Gasteiger partial charge in [0.25, 0.3) is 8.48 Å². The van der Waals surface area contributed by atoms with Gasteiger partial charge in [-0.25, -0.2) is 5.90 Å². The number of hydrogen-bond donors (Lipinski definition) is 2. The summed E-state index contributed by atoms with van der Waals surface area (Å²) in [4.78, 5) is 0. The fourth-order valence-electron chi connectivity index (χ4n) is 1.48. The Hall–Kier alpha value is 0.0969. The second kappa shape index (κ2) is 3.10. The lowest BCUT2D eigenvalue weighted by atomic mass is 10.2. The van der Waals surface area contributed by atoms with Gasteiger partial charge in [-0.15, -0.1) is 0 Å². The van der Waals surface area contributed by atoms with Gasteiger partial charge in [0.1, 0.15) is 0 Å². The lowest BCUT2D eigenvalue weighted by Gasteiger charge is -2.45. The molecule has 0 aromatic rings. The van der Waals surface area contributed by atoms with E-state index in [-0.39, 0.29) is 10.1 Å². The molecule has 0 heterocycles. The SMILES string of the molecule is CC(C)(C)[Si](N)(ON)C(C)(C)C. The molecule has 0 aliphatic rings. The van der Waals surface area contributed by atoms with E-state index in [0.29, 0.717) is 0 Å². The standard InChI is InChI=1S/C8H22N2OSi/c1-7(2,3)12(10,11-9)8(4,5)6/h9-10H2,1-6H3. The molecule has 0 atom stereocenters. The predicted octanol–water partition coefficient (Wildman–Crippen LogP) is 1.88. The van der Waals surface area contributed by atoms with E-state index < -0.39 is 8.48 Å². The van der Waals surface area contributed by atoms with Gasteiger partial charge in [-0.1, -0.05) is 41.5 Å². The van der Waals surface area contributed by atoms with Crippen LogP contribution in [0.25, 0.3) is 0 Å². The lowest BCUT2D eigenvalue weighted by Crippen LogP contribution is -2.64. The van der Waals surface area contributed by atoms with Crippen LogP contribution in [0.3, 0.4) is 0 Å². The van der Waals surface area contributed by atoms with Crippen LogP contribution in [-0.4, -0.2) is 8.48 Å². The highest BCUT2D eigenvalue weighted by Gasteiger charge is 2.53. The van der Waals surface area contributed by atoms with Crippen LogP contribution < -0.4 is 11.3 Å². The van der Waals surface area contributed by atoms with E-state index in [0.717, 1.165) is 0 Å². The van der Waals surface area contributed by atoms with Crippen molar-refractivity contribution in [2.75, 3.05) is 0 Å². The van der Waals surface area contributed by atoms with Gasteiger partial charge in [0, 0.05) is 0 Å². The van der Waals surface area contributed by atoms with Crippen molar-refractivity contribution in [3.63, 3.8) is 0 Å². The molecule has 0 fully saturated rings. The van der Waals surface area contributed by atoms with Crippen molar-refractivity contribution < 1.29 is 4.53 Å². The number of nitrogens with two attached hydrogens (primary N) is 2. The zero-order valence-corrected chi connectivity index (χ0v) is 10.1. The molecule has 74 valence electrons. The van der Waals surface area contributed by atoms with Gasteiger partial charge in [0.2, 0.25) is 0 Å². The summed E-state index contributed by atoms with van der Waals surface area (Å²) in [6.07, 6.45) is 0. The van der Waals surface area contributed by atoms with Gasteiger partial charge >= 0.3 is 0 Å². The molecular weight excluding hydrogens is 168 g/mol. The Balaban J connectivity index is 4.95. The predicted molar refractivity (Wildman–Crippen MR) is 54.6 cm³/mol. The van der Waals surface area contributed by atoms with E-state index in [1.807, 2.05) is 0 Å². The zero-order chi connectivity index (χ0) is 10.2. The third-order valence-electron chi connectivity index (χ3n) is 2.41. The van der Waals surface area contributed by atoms with Crippen molar-refractivity contribution in [3.8, 4) is 0 Å². The van der Waals surface area contributed by atoms with Gasteiger partial charge in [0.05, 0.1) is 0 Å². The van der Waals surface area contributed by atoms with Crippen molar-refractivity contribution in [1.82, 2.24) is 0 Å². The Kier molecular flexibility index (Phi) is 3.13. The maximum atomic E-state index is 6.24. The van der Waals surface area contributed by atoms with E-state index >= 15 is 0 Å². The Morgan fingerprint density at radius 2 is 1.17 bits per heavy atom. The van der Waals surface area contributed by atoms with Crippen molar-refractivity contribution in [3.05, 3.63) is 0 Å². The van der Waals surface area contributed by atoms with Crippen LogP contribution in [0.4, 0.5) is 0 Å². The fourth-order valence-corrected chi connectivity index (χ4v) is 4.44. The molecule has 0 bridgehead atoms. The van der Waals surface area contributed by atoms with Crippen LogP contribution in [-0.2, 0) is 4.53 Å². The van der Waals surface area contributed by atoms with Crippen LogP contribution in [0.15, 0.2) is 0 Å². The Morgan fingerprint density at radius 1 is 0.917 bits per heavy atom. The van der Waals surface area contributed by atoms with E-state index in [4.69, 9.17) is 15.8 Å². The summed E-state index contributed by atoms with van der Waals surface area (Å²) >= 11 is 0. The normalized spacial score (nSPS) is 15.0. The maximum Gasteiger partial charge on any atom is 0.300 e. The minimum Gasteiger partial charge on any atom is -0.328 e. The minimum atomic E-state index is -2.35. The van der Waals surface area contributed by atoms with Crippen LogP contribution in [0.5, 0.6) is 0 Å². The van der Waals surface area contributed by atoms with E-state index in [2.05, 4.69) is 41.5 Å². The van der Waals surface area contributed by atoms with Crippen LogP contribution in [0.1, 0.15) is 41.5 Å². The highest BCUT2D eigenvalue weighted by atomic mass is 28.4. The van der Waals surface area contributed by atoms with Crippen molar-refractivity contribution in [2.45, 2.75) is 51.6 Å². The number of rotatable bonds is 1. The van der Waals surface area contributed by atoms with Crippen molar-refractivity contribution in [2.24, 2.45) is 11.3 Å². The van der Waals surface area contributed by atoms with E-state index in [1.165, 1.54) is 0 Å². The zero-order valence-electron chi connectivity index (χ0n) is 9.06. The molecule has 0 unspecified atom stereocenters.